The summed E-state index contributed by atoms with van der Waals surface area (Å²) in [6, 6.07) is 3.26. The molecule has 1 aliphatic rings. The molecule has 2 atom stereocenters. The molecule has 1 amide bonds. The molecule has 3 rings (SSSR count). The van der Waals surface area contributed by atoms with Gasteiger partial charge in [0.15, 0.2) is 5.82 Å². The maximum absolute atomic E-state index is 13.8. The molecule has 1 aromatic carbocycles. The van der Waals surface area contributed by atoms with Crippen molar-refractivity contribution in [2.75, 3.05) is 18.5 Å². The number of ether oxygens (including phenoxy) is 2. The molecular formula is C15H13ClFIN2O3. The number of hydrogen-bond acceptors (Lipinski definition) is 4. The Kier molecular flexibility index (Phi) is 4.88. The van der Waals surface area contributed by atoms with Crippen molar-refractivity contribution in [2.45, 2.75) is 13.0 Å². The Labute approximate surface area is 150 Å². The first-order chi connectivity index (χ1) is 11.0. The van der Waals surface area contributed by atoms with Gasteiger partial charge in [0.25, 0.3) is 0 Å². The largest absolute Gasteiger partial charge is 0.443 e. The lowest BCUT2D eigenvalue weighted by molar-refractivity contribution is 0.0843. The summed E-state index contributed by atoms with van der Waals surface area (Å²) in [7, 11) is 0. The number of hydrogen-bond donors (Lipinski definition) is 1. The highest BCUT2D eigenvalue weighted by Crippen LogP contribution is 2.30. The van der Waals surface area contributed by atoms with Gasteiger partial charge < -0.3 is 9.47 Å². The number of rotatable bonds is 2. The first-order valence-corrected chi connectivity index (χ1v) is 8.40. The van der Waals surface area contributed by atoms with Gasteiger partial charge >= 0.3 is 6.09 Å². The number of carbonyl (C=O) groups excluding carboxylic acids is 1. The van der Waals surface area contributed by atoms with Gasteiger partial charge in [-0.05, 0) is 40.1 Å². The van der Waals surface area contributed by atoms with Crippen LogP contribution in [0.5, 0.6) is 0 Å². The van der Waals surface area contributed by atoms with Crippen LogP contribution in [0.25, 0.3) is 10.8 Å². The van der Waals surface area contributed by atoms with E-state index in [2.05, 4.69) is 10.3 Å². The van der Waals surface area contributed by atoms with Crippen LogP contribution in [0.4, 0.5) is 15.0 Å². The minimum Gasteiger partial charge on any atom is -0.443 e. The fourth-order valence-corrected chi connectivity index (χ4v) is 3.35. The smallest absolute Gasteiger partial charge is 0.413 e. The van der Waals surface area contributed by atoms with Gasteiger partial charge in [0, 0.05) is 17.5 Å². The van der Waals surface area contributed by atoms with Crippen molar-refractivity contribution in [3.63, 3.8) is 0 Å². The molecule has 2 aromatic rings. The summed E-state index contributed by atoms with van der Waals surface area (Å²) in [6.07, 6.45) is 0.565. The molecule has 1 saturated heterocycles. The lowest BCUT2D eigenvalue weighted by atomic mass is 10.1. The Hall–Kier alpha value is -1.19. The van der Waals surface area contributed by atoms with Crippen LogP contribution < -0.4 is 5.32 Å². The SMILES string of the molecule is C[C@H]1COC[C@@H]1OC(=O)Nc1cc2cc(I)c(F)c(Cl)c2cn1. The lowest BCUT2D eigenvalue weighted by Gasteiger charge is -2.15. The van der Waals surface area contributed by atoms with Crippen LogP contribution in [-0.2, 0) is 9.47 Å². The molecule has 0 bridgehead atoms. The van der Waals surface area contributed by atoms with E-state index in [1.807, 2.05) is 29.5 Å². The summed E-state index contributed by atoms with van der Waals surface area (Å²) < 4.78 is 24.7. The van der Waals surface area contributed by atoms with E-state index >= 15 is 0 Å². The van der Waals surface area contributed by atoms with Crippen LogP contribution in [0.3, 0.4) is 0 Å². The Morgan fingerprint density at radius 3 is 3.00 bits per heavy atom. The van der Waals surface area contributed by atoms with Crippen LogP contribution in [-0.4, -0.2) is 30.4 Å². The minimum atomic E-state index is -0.595. The second kappa shape index (κ2) is 6.74. The van der Waals surface area contributed by atoms with Gasteiger partial charge in [0.2, 0.25) is 0 Å². The van der Waals surface area contributed by atoms with Crippen LogP contribution in [0.15, 0.2) is 18.3 Å². The summed E-state index contributed by atoms with van der Waals surface area (Å²) in [5.74, 6) is -0.00174. The van der Waals surface area contributed by atoms with Gasteiger partial charge in [-0.1, -0.05) is 18.5 Å². The van der Waals surface area contributed by atoms with Crippen molar-refractivity contribution in [3.05, 3.63) is 32.7 Å². The van der Waals surface area contributed by atoms with Crippen molar-refractivity contribution in [1.29, 1.82) is 0 Å². The highest BCUT2D eigenvalue weighted by molar-refractivity contribution is 14.1. The molecule has 0 aliphatic carbocycles. The molecular weight excluding hydrogens is 438 g/mol. The molecule has 2 heterocycles. The summed E-state index contributed by atoms with van der Waals surface area (Å²) in [5, 5.41) is 3.76. The number of nitrogens with one attached hydrogen (secondary N) is 1. The quantitative estimate of drug-likeness (QED) is 0.550. The maximum Gasteiger partial charge on any atom is 0.413 e. The molecule has 1 fully saturated rings. The number of nitrogens with zero attached hydrogens (tertiary/aromatic N) is 1. The zero-order valence-corrected chi connectivity index (χ0v) is 15.0. The molecule has 23 heavy (non-hydrogen) atoms. The Bertz CT molecular complexity index is 774. The fourth-order valence-electron chi connectivity index (χ4n) is 2.33. The Morgan fingerprint density at radius 1 is 1.52 bits per heavy atom. The molecule has 122 valence electrons. The van der Waals surface area contributed by atoms with Gasteiger partial charge in [-0.3, -0.25) is 5.32 Å². The standard InChI is InChI=1S/C15H13ClFIN2O3/c1-7-5-22-6-11(7)23-15(21)20-12-3-8-2-10(18)14(17)13(16)9(8)4-19-12/h2-4,7,11H,5-6H2,1H3,(H,19,20,21)/t7-,11-/m0/s1. The fraction of sp³-hybridized carbons (Fsp3) is 0.333. The number of halogens is 3. The number of anilines is 1. The highest BCUT2D eigenvalue weighted by Gasteiger charge is 2.28. The molecule has 1 aliphatic heterocycles. The van der Waals surface area contributed by atoms with E-state index in [0.717, 1.165) is 0 Å². The lowest BCUT2D eigenvalue weighted by Crippen LogP contribution is -2.27. The number of amides is 1. The maximum atomic E-state index is 13.8. The van der Waals surface area contributed by atoms with Crippen LogP contribution >= 0.6 is 34.2 Å². The van der Waals surface area contributed by atoms with Crippen molar-refractivity contribution in [3.8, 4) is 0 Å². The predicted octanol–water partition coefficient (Wildman–Crippen LogP) is 4.22. The van der Waals surface area contributed by atoms with Crippen LogP contribution in [0, 0.1) is 15.3 Å². The average molecular weight is 451 g/mol. The summed E-state index contributed by atoms with van der Waals surface area (Å²) in [6.45, 7) is 2.93. The summed E-state index contributed by atoms with van der Waals surface area (Å²) in [5.41, 5.74) is 0. The normalized spacial score (nSPS) is 20.7. The van der Waals surface area contributed by atoms with E-state index in [9.17, 15) is 9.18 Å². The van der Waals surface area contributed by atoms with Crippen LogP contribution in [0.1, 0.15) is 6.92 Å². The predicted molar refractivity (Wildman–Crippen MR) is 93.3 cm³/mol. The summed E-state index contributed by atoms with van der Waals surface area (Å²) in [4.78, 5) is 16.0. The van der Waals surface area contributed by atoms with E-state index in [1.165, 1.54) is 6.20 Å². The Balaban J connectivity index is 1.78. The van der Waals surface area contributed by atoms with E-state index in [-0.39, 0.29) is 17.0 Å². The Morgan fingerprint density at radius 2 is 2.30 bits per heavy atom. The molecule has 1 N–H and O–H groups in total. The number of benzene rings is 1. The minimum absolute atomic E-state index is 0.0189. The van der Waals surface area contributed by atoms with Gasteiger partial charge in [-0.2, -0.15) is 0 Å². The second-order valence-corrected chi connectivity index (χ2v) is 6.90. The molecule has 1 aromatic heterocycles. The van der Waals surface area contributed by atoms with Gasteiger partial charge in [-0.25, -0.2) is 14.2 Å². The molecule has 0 spiro atoms. The first-order valence-electron chi connectivity index (χ1n) is 6.94. The second-order valence-electron chi connectivity index (χ2n) is 5.36. The van der Waals surface area contributed by atoms with Gasteiger partial charge in [0.05, 0.1) is 21.8 Å². The third-order valence-corrected chi connectivity index (χ3v) is 4.80. The zero-order valence-electron chi connectivity index (χ0n) is 12.1. The van der Waals surface area contributed by atoms with E-state index in [0.29, 0.717) is 33.4 Å². The van der Waals surface area contributed by atoms with Gasteiger partial charge in [0.1, 0.15) is 11.9 Å². The van der Waals surface area contributed by atoms with E-state index in [4.69, 9.17) is 21.1 Å². The van der Waals surface area contributed by atoms with Crippen molar-refractivity contribution in [1.82, 2.24) is 4.98 Å². The third kappa shape index (κ3) is 3.51. The summed E-state index contributed by atoms with van der Waals surface area (Å²) >= 11 is 7.84. The van der Waals surface area contributed by atoms with Gasteiger partial charge in [-0.15, -0.1) is 0 Å². The van der Waals surface area contributed by atoms with Crippen molar-refractivity contribution in [2.24, 2.45) is 5.92 Å². The van der Waals surface area contributed by atoms with E-state index in [1.54, 1.807) is 12.1 Å². The number of aromatic nitrogens is 1. The van der Waals surface area contributed by atoms with Crippen molar-refractivity contribution < 1.29 is 18.7 Å². The molecule has 0 radical (unpaired) electrons. The van der Waals surface area contributed by atoms with E-state index < -0.39 is 11.9 Å². The number of fused-ring (bicyclic) bond motifs is 1. The third-order valence-electron chi connectivity index (χ3n) is 3.64. The van der Waals surface area contributed by atoms with Crippen molar-refractivity contribution >= 4 is 56.9 Å². The molecule has 5 nitrogen and oxygen atoms in total. The average Bonchev–Trinajstić information content (AvgIpc) is 2.90. The highest BCUT2D eigenvalue weighted by atomic mass is 127. The number of carbonyl (C=O) groups is 1. The first kappa shape index (κ1) is 16.7. The molecule has 8 heteroatoms. The molecule has 0 unspecified atom stereocenters. The topological polar surface area (TPSA) is 60.5 Å². The van der Waals surface area contributed by atoms with Crippen LogP contribution in [0.2, 0.25) is 5.02 Å². The number of pyridine rings is 1. The zero-order chi connectivity index (χ0) is 16.6. The molecule has 0 saturated carbocycles. The monoisotopic (exact) mass is 450 g/mol.